The predicted octanol–water partition coefficient (Wildman–Crippen LogP) is 2.95. The SMILES string of the molecule is CNC(=O)C12[C@H](C)C[C@](O)(n3cnc4c(NCC5CCC5)nc(C#Cc5ccc(Cl)s5)nc43)[C@]1(O)[C@H]2C. The van der Waals surface area contributed by atoms with Gasteiger partial charge in [-0.3, -0.25) is 9.36 Å². The molecule has 3 aromatic heterocycles. The second-order valence-electron chi connectivity index (χ2n) is 10.6. The Morgan fingerprint density at radius 3 is 2.68 bits per heavy atom. The monoisotopic (exact) mass is 540 g/mol. The van der Waals surface area contributed by atoms with Crippen LogP contribution in [0, 0.1) is 35.0 Å². The zero-order valence-corrected chi connectivity index (χ0v) is 22.4. The fraction of sp³-hybridized carbons (Fsp3) is 0.538. The molecule has 1 unspecified atom stereocenters. The summed E-state index contributed by atoms with van der Waals surface area (Å²) in [4.78, 5) is 27.6. The third-order valence-electron chi connectivity index (χ3n) is 8.89. The van der Waals surface area contributed by atoms with Gasteiger partial charge in [0.2, 0.25) is 11.7 Å². The van der Waals surface area contributed by atoms with Gasteiger partial charge in [-0.2, -0.15) is 0 Å². The number of thiophene rings is 1. The number of hydrogen-bond acceptors (Lipinski definition) is 8. The van der Waals surface area contributed by atoms with Crippen molar-refractivity contribution >= 4 is 45.8 Å². The van der Waals surface area contributed by atoms with E-state index in [2.05, 4.69) is 37.4 Å². The maximum atomic E-state index is 13.0. The van der Waals surface area contributed by atoms with E-state index >= 15 is 0 Å². The minimum Gasteiger partial charge on any atom is -0.383 e. The number of aliphatic hydroxyl groups is 2. The van der Waals surface area contributed by atoms with E-state index in [1.165, 1.54) is 41.5 Å². The average molecular weight is 541 g/mol. The second kappa shape index (κ2) is 8.40. The fourth-order valence-electron chi connectivity index (χ4n) is 6.76. The molecular weight excluding hydrogens is 512 g/mol. The summed E-state index contributed by atoms with van der Waals surface area (Å²) >= 11 is 7.41. The van der Waals surface area contributed by atoms with Crippen LogP contribution in [0.1, 0.15) is 50.2 Å². The molecule has 0 bridgehead atoms. The Morgan fingerprint density at radius 2 is 2.05 bits per heavy atom. The summed E-state index contributed by atoms with van der Waals surface area (Å²) in [6.07, 6.45) is 5.24. The van der Waals surface area contributed by atoms with Crippen molar-refractivity contribution in [1.82, 2.24) is 24.8 Å². The molecule has 0 saturated heterocycles. The number of anilines is 1. The zero-order valence-electron chi connectivity index (χ0n) is 20.9. The number of imidazole rings is 1. The van der Waals surface area contributed by atoms with E-state index < -0.39 is 22.7 Å². The molecule has 3 aliphatic rings. The Morgan fingerprint density at radius 1 is 1.27 bits per heavy atom. The molecule has 11 heteroatoms. The lowest BCUT2D eigenvalue weighted by atomic mass is 9.85. The van der Waals surface area contributed by atoms with Crippen molar-refractivity contribution in [3.05, 3.63) is 33.5 Å². The van der Waals surface area contributed by atoms with Gasteiger partial charge in [-0.1, -0.05) is 31.9 Å². The van der Waals surface area contributed by atoms with E-state index in [0.29, 0.717) is 27.2 Å². The third kappa shape index (κ3) is 3.24. The van der Waals surface area contributed by atoms with Crippen LogP contribution in [0.5, 0.6) is 0 Å². The van der Waals surface area contributed by atoms with Crippen LogP contribution < -0.4 is 10.6 Å². The van der Waals surface area contributed by atoms with Gasteiger partial charge in [0.25, 0.3) is 0 Å². The van der Waals surface area contributed by atoms with E-state index in [1.54, 1.807) is 20.0 Å². The van der Waals surface area contributed by atoms with E-state index in [1.807, 2.05) is 13.0 Å². The van der Waals surface area contributed by atoms with E-state index in [0.717, 1.165) is 11.4 Å². The van der Waals surface area contributed by atoms with Gasteiger partial charge < -0.3 is 20.8 Å². The number of amides is 1. The molecular formula is C26H29ClN6O3S. The maximum absolute atomic E-state index is 13.0. The van der Waals surface area contributed by atoms with Crippen LogP contribution in [-0.2, 0) is 10.5 Å². The van der Waals surface area contributed by atoms with Crippen molar-refractivity contribution in [1.29, 1.82) is 0 Å². The first-order valence-corrected chi connectivity index (χ1v) is 13.8. The Kier molecular flexibility index (Phi) is 5.59. The van der Waals surface area contributed by atoms with Gasteiger partial charge >= 0.3 is 0 Å². The van der Waals surface area contributed by atoms with E-state index in [-0.39, 0.29) is 24.1 Å². The summed E-state index contributed by atoms with van der Waals surface area (Å²) in [5, 5.41) is 30.1. The van der Waals surface area contributed by atoms with Gasteiger partial charge in [0.15, 0.2) is 22.7 Å². The number of carbonyl (C=O) groups is 1. The molecule has 37 heavy (non-hydrogen) atoms. The fourth-order valence-corrected chi connectivity index (χ4v) is 7.66. The van der Waals surface area contributed by atoms with Crippen molar-refractivity contribution in [2.75, 3.05) is 18.9 Å². The zero-order chi connectivity index (χ0) is 26.2. The molecule has 194 valence electrons. The van der Waals surface area contributed by atoms with E-state index in [9.17, 15) is 15.0 Å². The van der Waals surface area contributed by atoms with Gasteiger partial charge in [0, 0.05) is 25.9 Å². The molecule has 3 aromatic rings. The highest BCUT2D eigenvalue weighted by atomic mass is 35.5. The highest BCUT2D eigenvalue weighted by Crippen LogP contribution is 2.78. The first kappa shape index (κ1) is 24.6. The maximum Gasteiger partial charge on any atom is 0.229 e. The molecule has 4 N–H and O–H groups in total. The average Bonchev–Trinajstić information content (AvgIpc) is 3.25. The highest BCUT2D eigenvalue weighted by molar-refractivity contribution is 7.16. The van der Waals surface area contributed by atoms with Crippen molar-refractivity contribution in [2.24, 2.45) is 23.2 Å². The molecule has 0 spiro atoms. The van der Waals surface area contributed by atoms with Crippen LogP contribution in [0.15, 0.2) is 18.5 Å². The molecule has 0 radical (unpaired) electrons. The number of nitrogens with zero attached hydrogens (tertiary/aromatic N) is 4. The number of fused-ring (bicyclic) bond motifs is 2. The standard InChI is InChI=1S/C26H29ClN6O3S/c1-14-11-24(35,26(36)15(2)25(14,26)23(34)28-3)33-13-30-20-21(29-12-16-5-4-6-16)31-19(32-22(20)33)10-8-17-7-9-18(27)37-17/h7,9,13-16,35-36H,4-6,11-12H2,1-3H3,(H,28,34)(H,29,31,32)/t14-,15+,24-,25?,26-/m1/s1. The largest absolute Gasteiger partial charge is 0.383 e. The molecule has 3 aliphatic carbocycles. The first-order chi connectivity index (χ1) is 17.7. The summed E-state index contributed by atoms with van der Waals surface area (Å²) in [5.74, 6) is 6.46. The van der Waals surface area contributed by atoms with Crippen molar-refractivity contribution in [3.8, 4) is 11.8 Å². The lowest BCUT2D eigenvalue weighted by Gasteiger charge is -2.33. The summed E-state index contributed by atoms with van der Waals surface area (Å²) < 4.78 is 2.15. The van der Waals surface area contributed by atoms with Crippen molar-refractivity contribution < 1.29 is 15.0 Å². The molecule has 0 aliphatic heterocycles. The third-order valence-corrected chi connectivity index (χ3v) is 10.0. The lowest BCUT2D eigenvalue weighted by Crippen LogP contribution is -2.48. The van der Waals surface area contributed by atoms with Gasteiger partial charge in [0.05, 0.1) is 21.0 Å². The van der Waals surface area contributed by atoms with Crippen LogP contribution in [0.3, 0.4) is 0 Å². The normalized spacial score (nSPS) is 32.4. The number of hydrogen-bond donors (Lipinski definition) is 4. The van der Waals surface area contributed by atoms with Gasteiger partial charge in [0.1, 0.15) is 5.60 Å². The molecule has 3 saturated carbocycles. The summed E-state index contributed by atoms with van der Waals surface area (Å²) in [5.41, 5.74) is -3.70. The smallest absolute Gasteiger partial charge is 0.229 e. The van der Waals surface area contributed by atoms with Crippen LogP contribution >= 0.6 is 22.9 Å². The predicted molar refractivity (Wildman–Crippen MR) is 141 cm³/mol. The number of halogens is 1. The number of aromatic nitrogens is 4. The van der Waals surface area contributed by atoms with Crippen LogP contribution in [-0.4, -0.2) is 54.8 Å². The van der Waals surface area contributed by atoms with Crippen molar-refractivity contribution in [2.45, 2.75) is 50.9 Å². The quantitative estimate of drug-likeness (QED) is 0.367. The molecule has 5 atom stereocenters. The molecule has 0 aromatic carbocycles. The molecule has 3 fully saturated rings. The van der Waals surface area contributed by atoms with Crippen LogP contribution in [0.25, 0.3) is 11.2 Å². The number of nitrogens with one attached hydrogen (secondary N) is 2. The van der Waals surface area contributed by atoms with Gasteiger partial charge in [-0.25, -0.2) is 15.0 Å². The minimum absolute atomic E-state index is 0.177. The molecule has 6 rings (SSSR count). The number of rotatable bonds is 5. The van der Waals surface area contributed by atoms with Crippen molar-refractivity contribution in [3.63, 3.8) is 0 Å². The Labute approximate surface area is 223 Å². The second-order valence-corrected chi connectivity index (χ2v) is 12.3. The summed E-state index contributed by atoms with van der Waals surface area (Å²) in [6.45, 7) is 4.46. The molecule has 3 heterocycles. The Bertz CT molecular complexity index is 1470. The first-order valence-electron chi connectivity index (χ1n) is 12.6. The van der Waals surface area contributed by atoms with Crippen LogP contribution in [0.4, 0.5) is 5.82 Å². The number of carbonyl (C=O) groups excluding carboxylic acids is 1. The van der Waals surface area contributed by atoms with Gasteiger partial charge in [-0.05, 0) is 48.7 Å². The van der Waals surface area contributed by atoms with Crippen LogP contribution in [0.2, 0.25) is 4.34 Å². The summed E-state index contributed by atoms with van der Waals surface area (Å²) in [7, 11) is 1.55. The Balaban J connectivity index is 1.46. The lowest BCUT2D eigenvalue weighted by molar-refractivity contribution is -0.155. The summed E-state index contributed by atoms with van der Waals surface area (Å²) in [6, 6.07) is 3.62. The highest BCUT2D eigenvalue weighted by Gasteiger charge is 2.91. The Hall–Kier alpha value is -2.71. The van der Waals surface area contributed by atoms with Gasteiger partial charge in [-0.15, -0.1) is 11.3 Å². The topological polar surface area (TPSA) is 125 Å². The molecule has 1 amide bonds. The minimum atomic E-state index is -1.78. The molecule has 9 nitrogen and oxygen atoms in total. The van der Waals surface area contributed by atoms with E-state index in [4.69, 9.17) is 11.6 Å².